The van der Waals surface area contributed by atoms with Crippen LogP contribution < -0.4 is 0 Å². The Balaban J connectivity index is 1.30. The fraction of sp³-hybridized carbons (Fsp3) is 0. The Labute approximate surface area is 285 Å². The van der Waals surface area contributed by atoms with E-state index < -0.39 is 0 Å². The summed E-state index contributed by atoms with van der Waals surface area (Å²) >= 11 is 0. The number of rotatable bonds is 6. The van der Waals surface area contributed by atoms with Gasteiger partial charge in [0.2, 0.25) is 0 Å². The van der Waals surface area contributed by atoms with Crippen molar-refractivity contribution < 1.29 is 0 Å². The maximum Gasteiger partial charge on any atom is 0.146 e. The lowest BCUT2D eigenvalue weighted by atomic mass is 9.88. The molecule has 3 nitrogen and oxygen atoms in total. The van der Waals surface area contributed by atoms with Crippen LogP contribution in [0.3, 0.4) is 0 Å². The third kappa shape index (κ3) is 5.09. The fourth-order valence-electron chi connectivity index (χ4n) is 7.08. The zero-order chi connectivity index (χ0) is 32.6. The van der Waals surface area contributed by atoms with Crippen molar-refractivity contribution in [2.75, 3.05) is 0 Å². The highest BCUT2D eigenvalue weighted by atomic mass is 15.1. The Kier molecular flexibility index (Phi) is 7.14. The summed E-state index contributed by atoms with van der Waals surface area (Å²) in [6, 6.07) is 60.4. The third-order valence-electron chi connectivity index (χ3n) is 9.39. The van der Waals surface area contributed by atoms with Crippen LogP contribution in [-0.2, 0) is 0 Å². The van der Waals surface area contributed by atoms with Crippen molar-refractivity contribution in [3.05, 3.63) is 188 Å². The van der Waals surface area contributed by atoms with Crippen LogP contribution in [0.5, 0.6) is 0 Å². The van der Waals surface area contributed by atoms with Crippen LogP contribution in [0.1, 0.15) is 0 Å². The second kappa shape index (κ2) is 12.2. The van der Waals surface area contributed by atoms with E-state index in [1.165, 1.54) is 43.8 Å². The maximum absolute atomic E-state index is 5.26. The van der Waals surface area contributed by atoms with Crippen molar-refractivity contribution in [2.45, 2.75) is 0 Å². The van der Waals surface area contributed by atoms with Gasteiger partial charge in [0.25, 0.3) is 0 Å². The van der Waals surface area contributed by atoms with Gasteiger partial charge in [-0.1, -0.05) is 152 Å². The topological polar surface area (TPSA) is 30.7 Å². The number of aromatic nitrogens is 3. The van der Waals surface area contributed by atoms with Crippen LogP contribution in [-0.4, -0.2) is 14.5 Å². The molecule has 0 N–H and O–H groups in total. The predicted molar refractivity (Wildman–Crippen MR) is 204 cm³/mol. The SMILES string of the molecule is c1ccc(-c2ccc(-n3c(-c4ccc(-c5cccnc5)cc4)cnc3-c3c4ccccc4c(-c4ccccc4)c4ccccc34)cc2)cc1. The Morgan fingerprint density at radius 2 is 0.816 bits per heavy atom. The molecule has 0 bridgehead atoms. The first kappa shape index (κ1) is 28.6. The summed E-state index contributed by atoms with van der Waals surface area (Å²) < 4.78 is 2.32. The first-order valence-electron chi connectivity index (χ1n) is 16.6. The van der Waals surface area contributed by atoms with E-state index in [-0.39, 0.29) is 0 Å². The van der Waals surface area contributed by atoms with E-state index in [9.17, 15) is 0 Å². The van der Waals surface area contributed by atoms with E-state index >= 15 is 0 Å². The van der Waals surface area contributed by atoms with Crippen LogP contribution in [0.2, 0.25) is 0 Å². The van der Waals surface area contributed by atoms with Gasteiger partial charge in [0.05, 0.1) is 11.9 Å². The number of imidazole rings is 1. The molecule has 0 saturated heterocycles. The molecule has 0 unspecified atom stereocenters. The zero-order valence-electron chi connectivity index (χ0n) is 26.7. The van der Waals surface area contributed by atoms with Crippen molar-refractivity contribution >= 4 is 21.5 Å². The first-order valence-corrected chi connectivity index (χ1v) is 16.6. The van der Waals surface area contributed by atoms with Crippen molar-refractivity contribution in [3.63, 3.8) is 0 Å². The number of pyridine rings is 1. The lowest BCUT2D eigenvalue weighted by Gasteiger charge is -2.19. The highest BCUT2D eigenvalue weighted by molar-refractivity contribution is 6.21. The molecule has 0 aliphatic heterocycles. The van der Waals surface area contributed by atoms with E-state index in [1.807, 2.05) is 18.5 Å². The van der Waals surface area contributed by atoms with Crippen LogP contribution in [0.15, 0.2) is 188 Å². The van der Waals surface area contributed by atoms with Gasteiger partial charge in [-0.25, -0.2) is 4.98 Å². The van der Waals surface area contributed by atoms with Gasteiger partial charge in [-0.05, 0) is 73.1 Å². The zero-order valence-corrected chi connectivity index (χ0v) is 26.7. The number of fused-ring (bicyclic) bond motifs is 2. The van der Waals surface area contributed by atoms with Crippen LogP contribution in [0, 0.1) is 0 Å². The molecule has 0 amide bonds. The second-order valence-electron chi connectivity index (χ2n) is 12.2. The summed E-state index contributed by atoms with van der Waals surface area (Å²) in [4.78, 5) is 9.58. The lowest BCUT2D eigenvalue weighted by molar-refractivity contribution is 1.08. The maximum atomic E-state index is 5.26. The highest BCUT2D eigenvalue weighted by Crippen LogP contribution is 2.44. The molecule has 2 heterocycles. The molecule has 0 aliphatic carbocycles. The van der Waals surface area contributed by atoms with E-state index in [4.69, 9.17) is 4.98 Å². The van der Waals surface area contributed by atoms with Gasteiger partial charge >= 0.3 is 0 Å². The molecule has 0 spiro atoms. The molecule has 0 aliphatic rings. The van der Waals surface area contributed by atoms with Gasteiger partial charge in [-0.2, -0.15) is 0 Å². The Bertz CT molecular complexity index is 2500. The van der Waals surface area contributed by atoms with Gasteiger partial charge in [-0.15, -0.1) is 0 Å². The van der Waals surface area contributed by atoms with Crippen molar-refractivity contribution in [1.29, 1.82) is 0 Å². The first-order chi connectivity index (χ1) is 24.3. The van der Waals surface area contributed by atoms with Crippen LogP contribution in [0.25, 0.3) is 83.3 Å². The summed E-state index contributed by atoms with van der Waals surface area (Å²) in [5.41, 5.74) is 11.3. The van der Waals surface area contributed by atoms with Gasteiger partial charge in [0.15, 0.2) is 0 Å². The minimum atomic E-state index is 0.908. The van der Waals surface area contributed by atoms with Gasteiger partial charge in [0, 0.05) is 29.2 Å². The van der Waals surface area contributed by atoms with Gasteiger partial charge in [0.1, 0.15) is 5.82 Å². The van der Waals surface area contributed by atoms with Gasteiger partial charge < -0.3 is 0 Å². The molecule has 0 saturated carbocycles. The number of benzene rings is 7. The van der Waals surface area contributed by atoms with E-state index in [0.717, 1.165) is 39.5 Å². The third-order valence-corrected chi connectivity index (χ3v) is 9.39. The number of nitrogens with zero attached hydrogens (tertiary/aromatic N) is 3. The smallest absolute Gasteiger partial charge is 0.146 e. The van der Waals surface area contributed by atoms with E-state index in [0.29, 0.717) is 0 Å². The summed E-state index contributed by atoms with van der Waals surface area (Å²) in [7, 11) is 0. The molecular formula is C46H31N3. The molecule has 9 aromatic rings. The van der Waals surface area contributed by atoms with Crippen LogP contribution >= 0.6 is 0 Å². The molecule has 7 aromatic carbocycles. The fourth-order valence-corrected chi connectivity index (χ4v) is 7.08. The van der Waals surface area contributed by atoms with Crippen molar-refractivity contribution in [3.8, 4) is 61.7 Å². The molecule has 0 radical (unpaired) electrons. The summed E-state index contributed by atoms with van der Waals surface area (Å²) in [6.45, 7) is 0. The molecule has 9 rings (SSSR count). The number of hydrogen-bond donors (Lipinski definition) is 0. The minimum absolute atomic E-state index is 0.908. The molecular weight excluding hydrogens is 595 g/mol. The molecule has 0 atom stereocenters. The molecule has 3 heteroatoms. The summed E-state index contributed by atoms with van der Waals surface area (Å²) in [5, 5.41) is 4.76. The molecule has 2 aromatic heterocycles. The van der Waals surface area contributed by atoms with E-state index in [1.54, 1.807) is 6.20 Å². The highest BCUT2D eigenvalue weighted by Gasteiger charge is 2.22. The van der Waals surface area contributed by atoms with E-state index in [2.05, 4.69) is 173 Å². The summed E-state index contributed by atoms with van der Waals surface area (Å²) in [5.74, 6) is 0.908. The van der Waals surface area contributed by atoms with Gasteiger partial charge in [-0.3, -0.25) is 9.55 Å². The second-order valence-corrected chi connectivity index (χ2v) is 12.2. The average Bonchev–Trinajstić information content (AvgIpc) is 3.62. The predicted octanol–water partition coefficient (Wildman–Crippen LogP) is 11.9. The summed E-state index contributed by atoms with van der Waals surface area (Å²) in [6.07, 6.45) is 5.73. The molecule has 49 heavy (non-hydrogen) atoms. The monoisotopic (exact) mass is 625 g/mol. The molecule has 230 valence electrons. The van der Waals surface area contributed by atoms with Crippen molar-refractivity contribution in [1.82, 2.24) is 14.5 Å². The van der Waals surface area contributed by atoms with Crippen molar-refractivity contribution in [2.24, 2.45) is 0 Å². The number of hydrogen-bond acceptors (Lipinski definition) is 2. The largest absolute Gasteiger partial charge is 0.292 e. The Hall–Kier alpha value is -6.58. The lowest BCUT2D eigenvalue weighted by Crippen LogP contribution is -2.02. The average molecular weight is 626 g/mol. The van der Waals surface area contributed by atoms with Crippen LogP contribution in [0.4, 0.5) is 0 Å². The Morgan fingerprint density at radius 3 is 1.41 bits per heavy atom. The normalized spacial score (nSPS) is 11.3. The quantitative estimate of drug-likeness (QED) is 0.172. The minimum Gasteiger partial charge on any atom is -0.292 e. The standard InChI is InChI=1S/C46H31N3/c1-3-12-32(13-4-1)33-25-27-38(28-26-33)49-43(35-23-21-34(22-24-35)37-16-11-29-47-30-37)31-48-46(49)45-41-19-9-7-17-39(41)44(36-14-5-2-6-15-36)40-18-8-10-20-42(40)45/h1-31H. The Morgan fingerprint density at radius 1 is 0.347 bits per heavy atom. The molecule has 0 fully saturated rings.